The highest BCUT2D eigenvalue weighted by molar-refractivity contribution is 6.04. The summed E-state index contributed by atoms with van der Waals surface area (Å²) in [6.45, 7) is 2.12. The molecule has 0 radical (unpaired) electrons. The molecule has 0 bridgehead atoms. The van der Waals surface area contributed by atoms with Crippen LogP contribution < -0.4 is 16.0 Å². The van der Waals surface area contributed by atoms with Gasteiger partial charge in [-0.3, -0.25) is 14.5 Å². The number of halogens is 3. The number of carbonyl (C=O) groups is 2. The lowest BCUT2D eigenvalue weighted by molar-refractivity contribution is -0.126. The molecule has 1 unspecified atom stereocenters. The zero-order valence-corrected chi connectivity index (χ0v) is 15.9. The van der Waals surface area contributed by atoms with E-state index in [2.05, 4.69) is 15.4 Å². The van der Waals surface area contributed by atoms with E-state index in [9.17, 15) is 22.8 Å². The average Bonchev–Trinajstić information content (AvgIpc) is 3.11. The number of para-hydroxylation sites is 1. The number of hydrogen-bond acceptors (Lipinski definition) is 5. The molecule has 1 aliphatic rings. The van der Waals surface area contributed by atoms with E-state index in [1.54, 1.807) is 17.8 Å². The van der Waals surface area contributed by atoms with Crippen molar-refractivity contribution in [1.29, 1.82) is 0 Å². The van der Waals surface area contributed by atoms with E-state index < -0.39 is 23.9 Å². The summed E-state index contributed by atoms with van der Waals surface area (Å²) < 4.78 is 37.8. The Morgan fingerprint density at radius 3 is 2.70 bits per heavy atom. The van der Waals surface area contributed by atoms with Crippen LogP contribution in [0.3, 0.4) is 0 Å². The van der Waals surface area contributed by atoms with Crippen molar-refractivity contribution in [2.45, 2.75) is 25.7 Å². The van der Waals surface area contributed by atoms with Gasteiger partial charge in [-0.25, -0.2) is 4.68 Å². The first-order chi connectivity index (χ1) is 14.2. The van der Waals surface area contributed by atoms with Crippen molar-refractivity contribution >= 4 is 23.8 Å². The van der Waals surface area contributed by atoms with Gasteiger partial charge in [0.2, 0.25) is 0 Å². The molecule has 0 spiro atoms. The first kappa shape index (κ1) is 21.1. The van der Waals surface area contributed by atoms with Gasteiger partial charge in [0.05, 0.1) is 17.6 Å². The van der Waals surface area contributed by atoms with Gasteiger partial charge in [-0.05, 0) is 25.1 Å². The van der Waals surface area contributed by atoms with E-state index in [0.717, 1.165) is 17.3 Å². The molecular formula is C19H19F3N6O2. The van der Waals surface area contributed by atoms with E-state index in [-0.39, 0.29) is 12.3 Å². The fourth-order valence-electron chi connectivity index (χ4n) is 3.10. The van der Waals surface area contributed by atoms with E-state index in [4.69, 9.17) is 5.73 Å². The number of rotatable bonds is 5. The van der Waals surface area contributed by atoms with Gasteiger partial charge >= 0.3 is 6.30 Å². The van der Waals surface area contributed by atoms with Gasteiger partial charge in [-0.15, -0.1) is 13.2 Å². The van der Waals surface area contributed by atoms with Crippen LogP contribution in [0.15, 0.2) is 53.3 Å². The number of nitrogens with one attached hydrogen (secondary N) is 1. The van der Waals surface area contributed by atoms with Crippen LogP contribution in [0.2, 0.25) is 0 Å². The second-order valence-electron chi connectivity index (χ2n) is 6.42. The number of carbonyl (C=O) groups excluding carboxylic acids is 2. The fourth-order valence-corrected chi connectivity index (χ4v) is 3.10. The lowest BCUT2D eigenvalue weighted by Crippen LogP contribution is -2.53. The van der Waals surface area contributed by atoms with Gasteiger partial charge in [-0.2, -0.15) is 10.1 Å². The highest BCUT2D eigenvalue weighted by atomic mass is 19.4. The Kier molecular flexibility index (Phi) is 5.90. The summed E-state index contributed by atoms with van der Waals surface area (Å²) in [6.07, 6.45) is -1.85. The molecule has 3 rings (SSSR count). The maximum absolute atomic E-state index is 12.9. The number of anilines is 1. The standard InChI is InChI=1S/C19H19F3N6O2/c1-2-27-17-12(11-25-28(17)13-6-4-3-5-7-13)10-15(18(27)30)26-16(29)14(23)8-9-24-19(20,21)22/h3-9,11,15H,2,10,23H2,1H3,(H,26,29)/b14-8-,24-9+. The molecule has 0 fully saturated rings. The number of aliphatic imine (C=N–C) groups is 1. The predicted octanol–water partition coefficient (Wildman–Crippen LogP) is 1.70. The van der Waals surface area contributed by atoms with Gasteiger partial charge in [0.1, 0.15) is 11.9 Å². The smallest absolute Gasteiger partial charge is 0.394 e. The summed E-state index contributed by atoms with van der Waals surface area (Å²) in [5.74, 6) is -0.621. The second-order valence-corrected chi connectivity index (χ2v) is 6.42. The Morgan fingerprint density at radius 2 is 2.07 bits per heavy atom. The third kappa shape index (κ3) is 4.50. The van der Waals surface area contributed by atoms with Crippen LogP contribution in [-0.2, 0) is 16.0 Å². The third-order valence-corrected chi connectivity index (χ3v) is 4.42. The number of aromatic nitrogens is 2. The number of alkyl halides is 3. The minimum atomic E-state index is -4.76. The minimum absolute atomic E-state index is 0.174. The zero-order valence-electron chi connectivity index (χ0n) is 15.9. The maximum Gasteiger partial charge on any atom is 0.503 e. The SMILES string of the molecule is CCN1C(=O)C(NC(=O)/C(N)=C/C=N/C(F)(F)F)Cc2cnn(-c3ccccc3)c21. The first-order valence-electron chi connectivity index (χ1n) is 9.03. The Labute approximate surface area is 169 Å². The second kappa shape index (κ2) is 8.39. The van der Waals surface area contributed by atoms with Crippen LogP contribution in [0.4, 0.5) is 19.0 Å². The number of allylic oxidation sites excluding steroid dienone is 1. The topological polar surface area (TPSA) is 106 Å². The summed E-state index contributed by atoms with van der Waals surface area (Å²) in [5.41, 5.74) is 6.53. The van der Waals surface area contributed by atoms with Crippen LogP contribution in [0.1, 0.15) is 12.5 Å². The number of likely N-dealkylation sites (N-methyl/N-ethyl adjacent to an activating group) is 1. The Hall–Kier alpha value is -3.63. The molecule has 1 aliphatic heterocycles. The normalized spacial score (nSPS) is 17.3. The van der Waals surface area contributed by atoms with Gasteiger partial charge in [0, 0.05) is 24.7 Å². The van der Waals surface area contributed by atoms with Crippen LogP contribution in [0.25, 0.3) is 5.69 Å². The number of amides is 2. The van der Waals surface area contributed by atoms with Gasteiger partial charge in [0.15, 0.2) is 0 Å². The molecule has 2 heterocycles. The van der Waals surface area contributed by atoms with Crippen molar-refractivity contribution in [2.24, 2.45) is 10.7 Å². The predicted molar refractivity (Wildman–Crippen MR) is 104 cm³/mol. The molecule has 2 aromatic rings. The minimum Gasteiger partial charge on any atom is -0.394 e. The third-order valence-electron chi connectivity index (χ3n) is 4.42. The summed E-state index contributed by atoms with van der Waals surface area (Å²) in [7, 11) is 0. The summed E-state index contributed by atoms with van der Waals surface area (Å²) >= 11 is 0. The van der Waals surface area contributed by atoms with Crippen LogP contribution in [0.5, 0.6) is 0 Å². The first-order valence-corrected chi connectivity index (χ1v) is 9.03. The summed E-state index contributed by atoms with van der Waals surface area (Å²) in [5, 5.41) is 6.83. The lowest BCUT2D eigenvalue weighted by Gasteiger charge is -2.32. The van der Waals surface area contributed by atoms with Crippen LogP contribution in [-0.4, -0.2) is 46.7 Å². The molecule has 158 valence electrons. The van der Waals surface area contributed by atoms with Gasteiger partial charge < -0.3 is 11.1 Å². The van der Waals surface area contributed by atoms with E-state index in [0.29, 0.717) is 18.6 Å². The van der Waals surface area contributed by atoms with Crippen molar-refractivity contribution in [3.63, 3.8) is 0 Å². The quantitative estimate of drug-likeness (QED) is 0.436. The molecule has 1 aromatic heterocycles. The van der Waals surface area contributed by atoms with E-state index >= 15 is 0 Å². The molecule has 3 N–H and O–H groups in total. The average molecular weight is 420 g/mol. The van der Waals surface area contributed by atoms with Crippen molar-refractivity contribution < 1.29 is 22.8 Å². The lowest BCUT2D eigenvalue weighted by atomic mass is 10.0. The summed E-state index contributed by atoms with van der Waals surface area (Å²) in [6, 6.07) is 8.35. The number of hydrogen-bond donors (Lipinski definition) is 2. The highest BCUT2D eigenvalue weighted by Crippen LogP contribution is 2.30. The molecule has 11 heteroatoms. The van der Waals surface area contributed by atoms with Crippen LogP contribution in [0, 0.1) is 0 Å². The van der Waals surface area contributed by atoms with Crippen LogP contribution >= 0.6 is 0 Å². The van der Waals surface area contributed by atoms with E-state index in [1.807, 2.05) is 30.3 Å². The number of nitrogens with zero attached hydrogens (tertiary/aromatic N) is 4. The largest absolute Gasteiger partial charge is 0.503 e. The number of fused-ring (bicyclic) bond motifs is 1. The zero-order chi connectivity index (χ0) is 21.9. The molecule has 2 amide bonds. The van der Waals surface area contributed by atoms with Crippen molar-refractivity contribution in [3.05, 3.63) is 53.9 Å². The maximum atomic E-state index is 12.9. The highest BCUT2D eigenvalue weighted by Gasteiger charge is 2.36. The molecule has 30 heavy (non-hydrogen) atoms. The van der Waals surface area contributed by atoms with Crippen molar-refractivity contribution in [2.75, 3.05) is 11.4 Å². The number of nitrogens with two attached hydrogens (primary N) is 1. The Balaban J connectivity index is 1.81. The van der Waals surface area contributed by atoms with Crippen molar-refractivity contribution in [1.82, 2.24) is 15.1 Å². The Bertz CT molecular complexity index is 997. The molecule has 0 saturated heterocycles. The fraction of sp³-hybridized carbons (Fsp3) is 0.263. The monoisotopic (exact) mass is 420 g/mol. The van der Waals surface area contributed by atoms with Crippen molar-refractivity contribution in [3.8, 4) is 5.69 Å². The molecule has 1 aromatic carbocycles. The summed E-state index contributed by atoms with van der Waals surface area (Å²) in [4.78, 5) is 28.9. The molecule has 0 aliphatic carbocycles. The van der Waals surface area contributed by atoms with E-state index in [1.165, 1.54) is 4.90 Å². The Morgan fingerprint density at radius 1 is 1.37 bits per heavy atom. The van der Waals surface area contributed by atoms with Gasteiger partial charge in [0.25, 0.3) is 11.8 Å². The molecular weight excluding hydrogens is 401 g/mol. The van der Waals surface area contributed by atoms with Gasteiger partial charge in [-0.1, -0.05) is 18.2 Å². The molecule has 8 nitrogen and oxygen atoms in total. The molecule has 1 atom stereocenters. The number of benzene rings is 1. The molecule has 0 saturated carbocycles.